The first-order valence-corrected chi connectivity index (χ1v) is 10.8. The molecule has 3 N–H and O–H groups in total. The van der Waals surface area contributed by atoms with E-state index in [1.165, 1.54) is 0 Å². The summed E-state index contributed by atoms with van der Waals surface area (Å²) in [7, 11) is 5.43. The first kappa shape index (κ1) is 23.6. The Bertz CT molecular complexity index is 834. The number of ether oxygens (including phenoxy) is 1. The van der Waals surface area contributed by atoms with Crippen molar-refractivity contribution in [2.45, 2.75) is 46.0 Å². The van der Waals surface area contributed by atoms with Crippen LogP contribution in [0.25, 0.3) is 0 Å². The standard InChI is InChI=1S/C21H32N6O2S/c1-14(2)24-21(28)26-17-9-7-16(8-10-17)11-23-20(22-4)27(5)12-18-13-30-19(25-18)15(3)29-6/h7-10,13-15H,11-12H2,1-6H3,(H,22,23)(H2,24,26,28). The number of nitrogens with zero attached hydrogens (tertiary/aromatic N) is 3. The summed E-state index contributed by atoms with van der Waals surface area (Å²) in [6.07, 6.45) is 0.000374. The number of guanidine groups is 1. The Morgan fingerprint density at radius 1 is 1.27 bits per heavy atom. The van der Waals surface area contributed by atoms with Crippen LogP contribution in [0, 0.1) is 0 Å². The zero-order chi connectivity index (χ0) is 22.1. The lowest BCUT2D eigenvalue weighted by atomic mass is 10.2. The second-order valence-corrected chi connectivity index (χ2v) is 8.15. The van der Waals surface area contributed by atoms with Crippen molar-refractivity contribution in [3.63, 3.8) is 0 Å². The first-order chi connectivity index (χ1) is 14.3. The van der Waals surface area contributed by atoms with Gasteiger partial charge in [-0.25, -0.2) is 9.78 Å². The number of urea groups is 1. The van der Waals surface area contributed by atoms with E-state index in [0.29, 0.717) is 13.1 Å². The van der Waals surface area contributed by atoms with Crippen molar-refractivity contribution in [3.8, 4) is 0 Å². The number of methoxy groups -OCH3 is 1. The molecule has 8 nitrogen and oxygen atoms in total. The number of aliphatic imine (C=N–C) groups is 1. The van der Waals surface area contributed by atoms with Crippen LogP contribution in [0.2, 0.25) is 0 Å². The number of amides is 2. The smallest absolute Gasteiger partial charge is 0.319 e. The third-order valence-corrected chi connectivity index (χ3v) is 5.38. The molecule has 0 saturated heterocycles. The Balaban J connectivity index is 1.87. The van der Waals surface area contributed by atoms with E-state index in [9.17, 15) is 4.79 Å². The summed E-state index contributed by atoms with van der Waals surface area (Å²) >= 11 is 1.60. The first-order valence-electron chi connectivity index (χ1n) is 9.87. The van der Waals surface area contributed by atoms with Gasteiger partial charge in [0.25, 0.3) is 0 Å². The van der Waals surface area contributed by atoms with Gasteiger partial charge in [-0.05, 0) is 38.5 Å². The molecule has 1 heterocycles. The maximum Gasteiger partial charge on any atom is 0.319 e. The van der Waals surface area contributed by atoms with Gasteiger partial charge in [-0.2, -0.15) is 0 Å². The average Bonchev–Trinajstić information content (AvgIpc) is 3.16. The molecule has 0 radical (unpaired) electrons. The molecule has 30 heavy (non-hydrogen) atoms. The monoisotopic (exact) mass is 432 g/mol. The van der Waals surface area contributed by atoms with E-state index in [1.54, 1.807) is 25.5 Å². The van der Waals surface area contributed by atoms with Gasteiger partial charge in [0.1, 0.15) is 11.1 Å². The van der Waals surface area contributed by atoms with Crippen molar-refractivity contribution in [1.29, 1.82) is 0 Å². The molecular weight excluding hydrogens is 400 g/mol. The van der Waals surface area contributed by atoms with Crippen LogP contribution in [-0.4, -0.2) is 49.1 Å². The van der Waals surface area contributed by atoms with Crippen molar-refractivity contribution < 1.29 is 9.53 Å². The van der Waals surface area contributed by atoms with Crippen molar-refractivity contribution >= 4 is 29.0 Å². The normalized spacial score (nSPS) is 12.6. The van der Waals surface area contributed by atoms with E-state index in [2.05, 4.69) is 31.3 Å². The van der Waals surface area contributed by atoms with Gasteiger partial charge in [0, 0.05) is 44.9 Å². The lowest BCUT2D eigenvalue weighted by molar-refractivity contribution is 0.119. The van der Waals surface area contributed by atoms with Crippen molar-refractivity contribution in [2.24, 2.45) is 4.99 Å². The maximum absolute atomic E-state index is 11.8. The Hall–Kier alpha value is -2.65. The van der Waals surface area contributed by atoms with Crippen LogP contribution in [0.1, 0.15) is 43.1 Å². The predicted octanol–water partition coefficient (Wildman–Crippen LogP) is 3.59. The van der Waals surface area contributed by atoms with Crippen molar-refractivity contribution in [2.75, 3.05) is 26.5 Å². The number of nitrogens with one attached hydrogen (secondary N) is 3. The van der Waals surface area contributed by atoms with E-state index >= 15 is 0 Å². The van der Waals surface area contributed by atoms with Gasteiger partial charge in [-0.1, -0.05) is 12.1 Å². The molecule has 0 spiro atoms. The number of anilines is 1. The minimum Gasteiger partial charge on any atom is -0.375 e. The Morgan fingerprint density at radius 2 is 1.97 bits per heavy atom. The highest BCUT2D eigenvalue weighted by Crippen LogP contribution is 2.21. The van der Waals surface area contributed by atoms with Crippen LogP contribution < -0.4 is 16.0 Å². The number of carbonyl (C=O) groups excluding carboxylic acids is 1. The lowest BCUT2D eigenvalue weighted by Gasteiger charge is -2.21. The van der Waals surface area contributed by atoms with Gasteiger partial charge in [-0.15, -0.1) is 11.3 Å². The molecule has 2 aromatic rings. The summed E-state index contributed by atoms with van der Waals surface area (Å²) in [4.78, 5) is 22.8. The molecule has 0 aliphatic rings. The highest BCUT2D eigenvalue weighted by molar-refractivity contribution is 7.09. The third-order valence-electron chi connectivity index (χ3n) is 4.33. The van der Waals surface area contributed by atoms with Gasteiger partial charge in [0.2, 0.25) is 0 Å². The number of thiazole rings is 1. The van der Waals surface area contributed by atoms with Gasteiger partial charge in [0.15, 0.2) is 5.96 Å². The van der Waals surface area contributed by atoms with E-state index in [-0.39, 0.29) is 18.2 Å². The van der Waals surface area contributed by atoms with Crippen LogP contribution >= 0.6 is 11.3 Å². The maximum atomic E-state index is 11.8. The average molecular weight is 433 g/mol. The number of hydrogen-bond acceptors (Lipinski definition) is 5. The van der Waals surface area contributed by atoms with Crippen LogP contribution in [0.3, 0.4) is 0 Å². The zero-order valence-electron chi connectivity index (χ0n) is 18.5. The van der Waals surface area contributed by atoms with Crippen LogP contribution in [0.15, 0.2) is 34.6 Å². The Labute approximate surface area is 182 Å². The van der Waals surface area contributed by atoms with Gasteiger partial charge in [-0.3, -0.25) is 4.99 Å². The number of carbonyl (C=O) groups is 1. The molecule has 1 atom stereocenters. The summed E-state index contributed by atoms with van der Waals surface area (Å²) in [6.45, 7) is 7.11. The molecule has 1 unspecified atom stereocenters. The van der Waals surface area contributed by atoms with Crippen LogP contribution in [0.5, 0.6) is 0 Å². The summed E-state index contributed by atoms with van der Waals surface area (Å²) in [5, 5.41) is 12.0. The molecule has 1 aromatic carbocycles. The second-order valence-electron chi connectivity index (χ2n) is 7.26. The largest absolute Gasteiger partial charge is 0.375 e. The van der Waals surface area contributed by atoms with Gasteiger partial charge in [0.05, 0.1) is 12.2 Å². The van der Waals surface area contributed by atoms with E-state index in [0.717, 1.165) is 27.9 Å². The van der Waals surface area contributed by atoms with E-state index < -0.39 is 0 Å². The molecular formula is C21H32N6O2S. The number of hydrogen-bond donors (Lipinski definition) is 3. The molecule has 2 rings (SSSR count). The Morgan fingerprint density at radius 3 is 2.57 bits per heavy atom. The fourth-order valence-corrected chi connectivity index (χ4v) is 3.54. The number of aromatic nitrogens is 1. The predicted molar refractivity (Wildman–Crippen MR) is 123 cm³/mol. The zero-order valence-corrected chi connectivity index (χ0v) is 19.3. The van der Waals surface area contributed by atoms with Crippen molar-refractivity contribution in [3.05, 3.63) is 45.9 Å². The third kappa shape index (κ3) is 7.31. The molecule has 9 heteroatoms. The van der Waals surface area contributed by atoms with Crippen molar-refractivity contribution in [1.82, 2.24) is 20.5 Å². The molecule has 164 valence electrons. The minimum atomic E-state index is -0.206. The summed E-state index contributed by atoms with van der Waals surface area (Å²) in [5.74, 6) is 0.780. The molecule has 2 amide bonds. The van der Waals surface area contributed by atoms with Crippen LogP contribution in [0.4, 0.5) is 10.5 Å². The highest BCUT2D eigenvalue weighted by atomic mass is 32.1. The summed E-state index contributed by atoms with van der Waals surface area (Å²) < 4.78 is 5.33. The molecule has 0 fully saturated rings. The topological polar surface area (TPSA) is 90.9 Å². The van der Waals surface area contributed by atoms with Gasteiger partial charge >= 0.3 is 6.03 Å². The second kappa shape index (κ2) is 11.5. The SMILES string of the molecule is CN=C(NCc1ccc(NC(=O)NC(C)C)cc1)N(C)Cc1csc(C(C)OC)n1. The van der Waals surface area contributed by atoms with Crippen LogP contribution in [-0.2, 0) is 17.8 Å². The lowest BCUT2D eigenvalue weighted by Crippen LogP contribution is -2.38. The molecule has 0 saturated carbocycles. The highest BCUT2D eigenvalue weighted by Gasteiger charge is 2.12. The number of benzene rings is 1. The minimum absolute atomic E-state index is 0.000374. The fourth-order valence-electron chi connectivity index (χ4n) is 2.70. The summed E-state index contributed by atoms with van der Waals surface area (Å²) in [6, 6.07) is 7.61. The van der Waals surface area contributed by atoms with Gasteiger partial charge < -0.3 is 25.6 Å². The molecule has 0 bridgehead atoms. The summed E-state index contributed by atoms with van der Waals surface area (Å²) in [5.41, 5.74) is 2.83. The molecule has 1 aromatic heterocycles. The van der Waals surface area contributed by atoms with E-state index in [1.807, 2.05) is 57.0 Å². The Kier molecular flexibility index (Phi) is 9.07. The molecule has 0 aliphatic carbocycles. The quantitative estimate of drug-likeness (QED) is 0.438. The molecule has 0 aliphatic heterocycles. The number of rotatable bonds is 8. The van der Waals surface area contributed by atoms with E-state index in [4.69, 9.17) is 4.74 Å². The fraction of sp³-hybridized carbons (Fsp3) is 0.476.